The molecule has 0 N–H and O–H groups in total. The number of methoxy groups -OCH3 is 1. The van der Waals surface area contributed by atoms with E-state index in [1.807, 2.05) is 42.5 Å². The molecule has 4 rings (SSSR count). The Bertz CT molecular complexity index is 881. The van der Waals surface area contributed by atoms with Crippen molar-refractivity contribution in [2.45, 2.75) is 17.0 Å². The minimum atomic E-state index is -0.647. The van der Waals surface area contributed by atoms with Crippen LogP contribution in [0.2, 0.25) is 0 Å². The number of carbonyl (C=O) groups excluding carboxylic acids is 3. The number of carbonyl (C=O) groups is 3. The van der Waals surface area contributed by atoms with E-state index in [-0.39, 0.29) is 29.5 Å². The zero-order chi connectivity index (χ0) is 17.6. The van der Waals surface area contributed by atoms with Gasteiger partial charge in [0, 0.05) is 13.0 Å². The van der Waals surface area contributed by atoms with Gasteiger partial charge in [0.15, 0.2) is 5.78 Å². The standard InChI is InChI=1S/C19H17NO4S/c1-24-19(23)15-10-20-17(22)16(18(20)25-15)14(21)9-11-6-7-12-4-2-3-5-13(12)8-11/h2-8,15-16,18H,9-10H2,1H3/t15-,16-,18+/m0/s1. The number of ether oxygens (including phenoxy) is 1. The molecule has 6 heteroatoms. The second-order valence-electron chi connectivity index (χ2n) is 6.33. The van der Waals surface area contributed by atoms with Crippen molar-refractivity contribution in [1.29, 1.82) is 0 Å². The Kier molecular flexibility index (Phi) is 4.00. The van der Waals surface area contributed by atoms with Crippen LogP contribution < -0.4 is 0 Å². The molecule has 25 heavy (non-hydrogen) atoms. The fourth-order valence-electron chi connectivity index (χ4n) is 3.48. The predicted octanol–water partition coefficient (Wildman–Crippen LogP) is 2.02. The monoisotopic (exact) mass is 355 g/mol. The summed E-state index contributed by atoms with van der Waals surface area (Å²) >= 11 is 1.36. The van der Waals surface area contributed by atoms with Crippen molar-refractivity contribution in [2.75, 3.05) is 13.7 Å². The molecular weight excluding hydrogens is 338 g/mol. The molecule has 5 nitrogen and oxygen atoms in total. The van der Waals surface area contributed by atoms with Gasteiger partial charge < -0.3 is 9.64 Å². The highest BCUT2D eigenvalue weighted by molar-refractivity contribution is 8.01. The molecule has 2 aromatic carbocycles. The lowest BCUT2D eigenvalue weighted by Gasteiger charge is -2.40. The summed E-state index contributed by atoms with van der Waals surface area (Å²) in [6, 6.07) is 13.9. The number of nitrogens with zero attached hydrogens (tertiary/aromatic N) is 1. The van der Waals surface area contributed by atoms with Crippen molar-refractivity contribution in [3.05, 3.63) is 48.0 Å². The van der Waals surface area contributed by atoms with Crippen molar-refractivity contribution < 1.29 is 19.1 Å². The van der Waals surface area contributed by atoms with Crippen LogP contribution in [0.1, 0.15) is 5.56 Å². The third kappa shape index (κ3) is 2.70. The van der Waals surface area contributed by atoms with Crippen LogP contribution >= 0.6 is 11.8 Å². The van der Waals surface area contributed by atoms with E-state index in [0.29, 0.717) is 6.54 Å². The SMILES string of the molecule is COC(=O)[C@@H]1CN2C(=O)[C@H](C(=O)Cc3ccc4ccccc4c3)[C@H]2S1. The van der Waals surface area contributed by atoms with E-state index in [9.17, 15) is 14.4 Å². The lowest BCUT2D eigenvalue weighted by atomic mass is 9.89. The van der Waals surface area contributed by atoms with Crippen LogP contribution in [0.4, 0.5) is 0 Å². The molecule has 0 saturated carbocycles. The third-order valence-electron chi connectivity index (χ3n) is 4.81. The number of hydrogen-bond acceptors (Lipinski definition) is 5. The number of Topliss-reactive ketones (excluding diaryl/α,β-unsaturated/α-hetero) is 1. The Morgan fingerprint density at radius 2 is 1.96 bits per heavy atom. The number of esters is 1. The first-order valence-electron chi connectivity index (χ1n) is 8.12. The molecule has 0 bridgehead atoms. The summed E-state index contributed by atoms with van der Waals surface area (Å²) in [5.74, 6) is -1.24. The second kappa shape index (κ2) is 6.19. The van der Waals surface area contributed by atoms with Gasteiger partial charge in [0.25, 0.3) is 0 Å². The van der Waals surface area contributed by atoms with Crippen molar-refractivity contribution in [1.82, 2.24) is 4.90 Å². The molecule has 0 spiro atoms. The van der Waals surface area contributed by atoms with Gasteiger partial charge in [0.2, 0.25) is 5.91 Å². The minimum Gasteiger partial charge on any atom is -0.468 e. The minimum absolute atomic E-state index is 0.0838. The fraction of sp³-hybridized carbons (Fsp3) is 0.316. The average Bonchev–Trinajstić information content (AvgIpc) is 3.00. The number of benzene rings is 2. The summed E-state index contributed by atoms with van der Waals surface area (Å²) in [6.07, 6.45) is 0.231. The van der Waals surface area contributed by atoms with E-state index in [4.69, 9.17) is 4.74 Å². The van der Waals surface area contributed by atoms with Gasteiger partial charge in [0.05, 0.1) is 12.5 Å². The molecule has 3 atom stereocenters. The predicted molar refractivity (Wildman–Crippen MR) is 95.0 cm³/mol. The van der Waals surface area contributed by atoms with E-state index in [1.165, 1.54) is 18.9 Å². The summed E-state index contributed by atoms with van der Waals surface area (Å²) in [5.41, 5.74) is 0.905. The second-order valence-corrected chi connectivity index (χ2v) is 7.66. The quantitative estimate of drug-likeness (QED) is 0.477. The average molecular weight is 355 g/mol. The third-order valence-corrected chi connectivity index (χ3v) is 6.29. The summed E-state index contributed by atoms with van der Waals surface area (Å²) in [4.78, 5) is 38.2. The molecular formula is C19H17NO4S. The highest BCUT2D eigenvalue weighted by Crippen LogP contribution is 2.44. The van der Waals surface area contributed by atoms with Gasteiger partial charge in [-0.3, -0.25) is 14.4 Å². The van der Waals surface area contributed by atoms with Crippen molar-refractivity contribution in [3.63, 3.8) is 0 Å². The molecule has 2 saturated heterocycles. The topological polar surface area (TPSA) is 63.7 Å². The Balaban J connectivity index is 1.48. The molecule has 2 heterocycles. The normalized spacial score (nSPS) is 24.8. The number of ketones is 1. The zero-order valence-electron chi connectivity index (χ0n) is 13.7. The van der Waals surface area contributed by atoms with Crippen LogP contribution in [0.5, 0.6) is 0 Å². The maximum absolute atomic E-state index is 12.7. The summed E-state index contributed by atoms with van der Waals surface area (Å²) in [6.45, 7) is 0.334. The summed E-state index contributed by atoms with van der Waals surface area (Å²) < 4.78 is 4.74. The van der Waals surface area contributed by atoms with Crippen LogP contribution in [-0.4, -0.2) is 46.8 Å². The number of β-lactam (4-membered cyclic amide) rings is 1. The summed E-state index contributed by atoms with van der Waals surface area (Å²) in [7, 11) is 1.34. The Labute approximate surface area is 149 Å². The van der Waals surface area contributed by atoms with Gasteiger partial charge in [-0.1, -0.05) is 42.5 Å². The first-order valence-corrected chi connectivity index (χ1v) is 9.07. The molecule has 128 valence electrons. The largest absolute Gasteiger partial charge is 0.468 e. The van der Waals surface area contributed by atoms with Crippen molar-refractivity contribution in [3.8, 4) is 0 Å². The molecule has 2 aliphatic heterocycles. The highest BCUT2D eigenvalue weighted by atomic mass is 32.2. The molecule has 0 aromatic heterocycles. The molecule has 1 amide bonds. The zero-order valence-corrected chi connectivity index (χ0v) is 14.5. The van der Waals surface area contributed by atoms with Gasteiger partial charge >= 0.3 is 5.97 Å². The first-order chi connectivity index (χ1) is 12.1. The van der Waals surface area contributed by atoms with Gasteiger partial charge in [-0.25, -0.2) is 0 Å². The maximum atomic E-state index is 12.7. The number of amides is 1. The Hall–Kier alpha value is -2.34. The molecule has 2 aliphatic rings. The van der Waals surface area contributed by atoms with Gasteiger partial charge in [-0.05, 0) is 16.3 Å². The molecule has 2 fully saturated rings. The Morgan fingerprint density at radius 1 is 1.20 bits per heavy atom. The fourth-order valence-corrected chi connectivity index (χ4v) is 5.03. The number of thioether (sulfide) groups is 1. The van der Waals surface area contributed by atoms with E-state index in [0.717, 1.165) is 16.3 Å². The van der Waals surface area contributed by atoms with Gasteiger partial charge in [-0.2, -0.15) is 0 Å². The number of hydrogen-bond donors (Lipinski definition) is 0. The van der Waals surface area contributed by atoms with Gasteiger partial charge in [-0.15, -0.1) is 11.8 Å². The van der Waals surface area contributed by atoms with Crippen LogP contribution in [0, 0.1) is 5.92 Å². The molecule has 0 aliphatic carbocycles. The maximum Gasteiger partial charge on any atom is 0.320 e. The molecule has 0 radical (unpaired) electrons. The highest BCUT2D eigenvalue weighted by Gasteiger charge is 2.57. The van der Waals surface area contributed by atoms with E-state index in [1.54, 1.807) is 4.90 Å². The smallest absolute Gasteiger partial charge is 0.320 e. The van der Waals surface area contributed by atoms with Crippen LogP contribution in [0.3, 0.4) is 0 Å². The van der Waals surface area contributed by atoms with E-state index >= 15 is 0 Å². The summed E-state index contributed by atoms with van der Waals surface area (Å²) in [5, 5.41) is 1.58. The van der Waals surface area contributed by atoms with E-state index in [2.05, 4.69) is 0 Å². The first kappa shape index (κ1) is 16.1. The lowest BCUT2D eigenvalue weighted by Crippen LogP contribution is -2.59. The Morgan fingerprint density at radius 3 is 2.72 bits per heavy atom. The number of rotatable bonds is 4. The van der Waals surface area contributed by atoms with Crippen LogP contribution in [0.25, 0.3) is 10.8 Å². The van der Waals surface area contributed by atoms with Crippen molar-refractivity contribution >= 4 is 40.2 Å². The van der Waals surface area contributed by atoms with Crippen LogP contribution in [0.15, 0.2) is 42.5 Å². The lowest BCUT2D eigenvalue weighted by molar-refractivity contribution is -0.154. The van der Waals surface area contributed by atoms with Crippen LogP contribution in [-0.2, 0) is 25.5 Å². The number of fused-ring (bicyclic) bond motifs is 2. The molecule has 2 aromatic rings. The van der Waals surface area contributed by atoms with Gasteiger partial charge in [0.1, 0.15) is 11.2 Å². The molecule has 0 unspecified atom stereocenters. The van der Waals surface area contributed by atoms with Crippen molar-refractivity contribution in [2.24, 2.45) is 5.92 Å². The van der Waals surface area contributed by atoms with E-state index < -0.39 is 11.2 Å².